The molecule has 0 saturated heterocycles. The van der Waals surface area contributed by atoms with E-state index >= 15 is 0 Å². The molecule has 0 fully saturated rings. The molecule has 0 heterocycles. The Bertz CT molecular complexity index is 534. The molecule has 0 aromatic heterocycles. The molecule has 0 aliphatic heterocycles. The van der Waals surface area contributed by atoms with Gasteiger partial charge in [0.05, 0.1) is 29.0 Å². The number of sulfonamides is 1. The third-order valence-corrected chi connectivity index (χ3v) is 4.22. The first-order valence-electron chi connectivity index (χ1n) is 6.03. The van der Waals surface area contributed by atoms with Crippen LogP contribution in [0.25, 0.3) is 0 Å². The number of hydrogen-bond acceptors (Lipinski definition) is 6. The van der Waals surface area contributed by atoms with Gasteiger partial charge in [-0.15, -0.1) is 0 Å². The SMILES string of the molecule is CNS(=O)(=O)c1ccc(N)c(NCC(COC)OC)c1. The predicted octanol–water partition coefficient (Wildman–Crippen LogP) is 0.250. The molecule has 20 heavy (non-hydrogen) atoms. The number of nitrogen functional groups attached to an aromatic ring is 1. The van der Waals surface area contributed by atoms with Gasteiger partial charge >= 0.3 is 0 Å². The molecule has 7 nitrogen and oxygen atoms in total. The fourth-order valence-corrected chi connectivity index (χ4v) is 2.35. The van der Waals surface area contributed by atoms with Crippen molar-refractivity contribution in [3.63, 3.8) is 0 Å². The van der Waals surface area contributed by atoms with Gasteiger partial charge in [-0.25, -0.2) is 13.1 Å². The van der Waals surface area contributed by atoms with Crippen molar-refractivity contribution in [1.29, 1.82) is 0 Å². The first-order chi connectivity index (χ1) is 9.44. The minimum Gasteiger partial charge on any atom is -0.397 e. The number of anilines is 2. The Morgan fingerprint density at radius 2 is 2.05 bits per heavy atom. The molecule has 0 amide bonds. The minimum atomic E-state index is -3.49. The van der Waals surface area contributed by atoms with Crippen molar-refractivity contribution in [2.75, 3.05) is 45.5 Å². The number of nitrogens with two attached hydrogens (primary N) is 1. The van der Waals surface area contributed by atoms with Gasteiger partial charge in [0.15, 0.2) is 0 Å². The molecule has 1 aromatic rings. The Morgan fingerprint density at radius 3 is 2.60 bits per heavy atom. The monoisotopic (exact) mass is 303 g/mol. The van der Waals surface area contributed by atoms with Crippen LogP contribution in [0.3, 0.4) is 0 Å². The summed E-state index contributed by atoms with van der Waals surface area (Å²) in [5.74, 6) is 0. The summed E-state index contributed by atoms with van der Waals surface area (Å²) in [6.07, 6.45) is -0.149. The number of methoxy groups -OCH3 is 2. The summed E-state index contributed by atoms with van der Waals surface area (Å²) in [5, 5.41) is 3.06. The zero-order valence-corrected chi connectivity index (χ0v) is 12.7. The van der Waals surface area contributed by atoms with Gasteiger partial charge in [-0.3, -0.25) is 0 Å². The van der Waals surface area contributed by atoms with Gasteiger partial charge in [-0.1, -0.05) is 0 Å². The second kappa shape index (κ2) is 7.44. The van der Waals surface area contributed by atoms with Crippen LogP contribution in [-0.2, 0) is 19.5 Å². The highest BCUT2D eigenvalue weighted by Gasteiger charge is 2.14. The fourth-order valence-electron chi connectivity index (χ4n) is 1.59. The van der Waals surface area contributed by atoms with Crippen LogP contribution >= 0.6 is 0 Å². The molecule has 1 aromatic carbocycles. The lowest BCUT2D eigenvalue weighted by atomic mass is 10.2. The van der Waals surface area contributed by atoms with E-state index in [1.165, 1.54) is 19.2 Å². The van der Waals surface area contributed by atoms with E-state index in [1.54, 1.807) is 20.3 Å². The molecule has 0 aliphatic rings. The van der Waals surface area contributed by atoms with Gasteiger partial charge in [0, 0.05) is 20.8 Å². The maximum Gasteiger partial charge on any atom is 0.240 e. The Morgan fingerprint density at radius 1 is 1.35 bits per heavy atom. The van der Waals surface area contributed by atoms with Crippen molar-refractivity contribution in [1.82, 2.24) is 4.72 Å². The number of hydrogen-bond donors (Lipinski definition) is 3. The molecule has 1 unspecified atom stereocenters. The summed E-state index contributed by atoms with van der Waals surface area (Å²) in [6.45, 7) is 0.884. The number of ether oxygens (including phenoxy) is 2. The summed E-state index contributed by atoms with van der Waals surface area (Å²) in [7, 11) is 1.03. The van der Waals surface area contributed by atoms with Gasteiger partial charge < -0.3 is 20.5 Å². The highest BCUT2D eigenvalue weighted by Crippen LogP contribution is 2.22. The van der Waals surface area contributed by atoms with E-state index in [9.17, 15) is 8.42 Å². The van der Waals surface area contributed by atoms with Crippen molar-refractivity contribution in [3.8, 4) is 0 Å². The van der Waals surface area contributed by atoms with E-state index in [0.29, 0.717) is 24.5 Å². The molecular formula is C12H21N3O4S. The van der Waals surface area contributed by atoms with E-state index in [1.807, 2.05) is 0 Å². The lowest BCUT2D eigenvalue weighted by Gasteiger charge is -2.17. The van der Waals surface area contributed by atoms with E-state index < -0.39 is 10.0 Å². The van der Waals surface area contributed by atoms with E-state index in [2.05, 4.69) is 10.0 Å². The average Bonchev–Trinajstić information content (AvgIpc) is 2.44. The molecule has 1 atom stereocenters. The first kappa shape index (κ1) is 16.7. The Hall–Kier alpha value is -1.35. The van der Waals surface area contributed by atoms with Gasteiger partial charge in [0.25, 0.3) is 0 Å². The molecule has 0 bridgehead atoms. The smallest absolute Gasteiger partial charge is 0.240 e. The van der Waals surface area contributed by atoms with Crippen LogP contribution in [0.15, 0.2) is 23.1 Å². The van der Waals surface area contributed by atoms with E-state index in [0.717, 1.165) is 0 Å². The summed E-state index contributed by atoms with van der Waals surface area (Å²) in [5.41, 5.74) is 6.83. The maximum absolute atomic E-state index is 11.7. The maximum atomic E-state index is 11.7. The quantitative estimate of drug-likeness (QED) is 0.595. The predicted molar refractivity (Wildman–Crippen MR) is 78.3 cm³/mol. The molecule has 1 rings (SSSR count). The van der Waals surface area contributed by atoms with Crippen molar-refractivity contribution in [2.24, 2.45) is 0 Å². The fraction of sp³-hybridized carbons (Fsp3) is 0.500. The van der Waals surface area contributed by atoms with Crippen LogP contribution in [0, 0.1) is 0 Å². The molecule has 8 heteroatoms. The van der Waals surface area contributed by atoms with Gasteiger partial charge in [0.2, 0.25) is 10.0 Å². The molecule has 0 radical (unpaired) electrons. The zero-order chi connectivity index (χ0) is 15.2. The van der Waals surface area contributed by atoms with Gasteiger partial charge in [-0.05, 0) is 25.2 Å². The van der Waals surface area contributed by atoms with Crippen LogP contribution in [0.5, 0.6) is 0 Å². The third kappa shape index (κ3) is 4.34. The largest absolute Gasteiger partial charge is 0.397 e. The lowest BCUT2D eigenvalue weighted by molar-refractivity contribution is 0.0366. The van der Waals surface area contributed by atoms with Crippen molar-refractivity contribution < 1.29 is 17.9 Å². The van der Waals surface area contributed by atoms with E-state index in [4.69, 9.17) is 15.2 Å². The summed E-state index contributed by atoms with van der Waals surface area (Å²) < 4.78 is 36.0. The highest BCUT2D eigenvalue weighted by atomic mass is 32.2. The molecule has 4 N–H and O–H groups in total. The Balaban J connectivity index is 2.87. The summed E-state index contributed by atoms with van der Waals surface area (Å²) in [6, 6.07) is 4.49. The van der Waals surface area contributed by atoms with Gasteiger partial charge in [0.1, 0.15) is 0 Å². The molecule has 114 valence electrons. The van der Waals surface area contributed by atoms with Crippen molar-refractivity contribution in [2.45, 2.75) is 11.0 Å². The Kier molecular flexibility index (Phi) is 6.21. The number of rotatable bonds is 8. The van der Waals surface area contributed by atoms with Crippen LogP contribution in [-0.4, -0.2) is 48.9 Å². The first-order valence-corrected chi connectivity index (χ1v) is 7.51. The topological polar surface area (TPSA) is 103 Å². The zero-order valence-electron chi connectivity index (χ0n) is 11.8. The Labute approximate surface area is 119 Å². The summed E-state index contributed by atoms with van der Waals surface area (Å²) in [4.78, 5) is 0.150. The van der Waals surface area contributed by atoms with Crippen LogP contribution in [0.2, 0.25) is 0 Å². The van der Waals surface area contributed by atoms with Crippen LogP contribution in [0.4, 0.5) is 11.4 Å². The standard InChI is InChI=1S/C12H21N3O4S/c1-14-20(16,17)10-4-5-11(13)12(6-10)15-7-9(19-3)8-18-2/h4-6,9,14-15H,7-8,13H2,1-3H3. The number of nitrogens with one attached hydrogen (secondary N) is 2. The molecule has 0 saturated carbocycles. The molecule has 0 aliphatic carbocycles. The van der Waals surface area contributed by atoms with Crippen LogP contribution < -0.4 is 15.8 Å². The normalized spacial score (nSPS) is 13.2. The van der Waals surface area contributed by atoms with Gasteiger partial charge in [-0.2, -0.15) is 0 Å². The van der Waals surface area contributed by atoms with Crippen molar-refractivity contribution >= 4 is 21.4 Å². The highest BCUT2D eigenvalue weighted by molar-refractivity contribution is 7.89. The van der Waals surface area contributed by atoms with E-state index in [-0.39, 0.29) is 11.0 Å². The molecular weight excluding hydrogens is 282 g/mol. The average molecular weight is 303 g/mol. The molecule has 0 spiro atoms. The number of benzene rings is 1. The third-order valence-electron chi connectivity index (χ3n) is 2.81. The lowest BCUT2D eigenvalue weighted by Crippen LogP contribution is -2.27. The van der Waals surface area contributed by atoms with Crippen molar-refractivity contribution in [3.05, 3.63) is 18.2 Å². The minimum absolute atomic E-state index is 0.149. The second-order valence-corrected chi connectivity index (χ2v) is 6.04. The van der Waals surface area contributed by atoms with Crippen LogP contribution in [0.1, 0.15) is 0 Å². The second-order valence-electron chi connectivity index (χ2n) is 4.15. The summed E-state index contributed by atoms with van der Waals surface area (Å²) >= 11 is 0.